The van der Waals surface area contributed by atoms with Crippen molar-refractivity contribution in [1.82, 2.24) is 25.3 Å². The normalized spacial score (nSPS) is 13.5. The number of Topliss-reactive ketones (excluding diaryl/α,β-unsaturated/α-hetero) is 1. The molecule has 3 rings (SSSR count). The second-order valence-electron chi connectivity index (χ2n) is 10.3. The van der Waals surface area contributed by atoms with E-state index in [1.165, 1.54) is 24.4 Å². The number of H-pyrrole nitrogens is 1. The van der Waals surface area contributed by atoms with Gasteiger partial charge >= 0.3 is 12.3 Å². The summed E-state index contributed by atoms with van der Waals surface area (Å²) in [5.74, 6) is -1.77. The van der Waals surface area contributed by atoms with Crippen LogP contribution in [0.3, 0.4) is 0 Å². The van der Waals surface area contributed by atoms with Crippen molar-refractivity contribution in [2.45, 2.75) is 71.6 Å². The molecule has 0 bridgehead atoms. The van der Waals surface area contributed by atoms with Gasteiger partial charge in [-0.05, 0) is 36.1 Å². The summed E-state index contributed by atoms with van der Waals surface area (Å²) in [6.07, 6.45) is -3.40. The summed E-state index contributed by atoms with van der Waals surface area (Å²) in [6, 6.07) is 3.43. The first-order valence-corrected chi connectivity index (χ1v) is 12.6. The van der Waals surface area contributed by atoms with Crippen LogP contribution in [0.5, 0.6) is 0 Å². The first-order valence-electron chi connectivity index (χ1n) is 12.6. The Hall–Kier alpha value is -4.23. The average molecular weight is 565 g/mol. The highest BCUT2D eigenvalue weighted by Crippen LogP contribution is 2.33. The number of unbranched alkanes of at least 4 members (excludes halogenated alkanes) is 1. The lowest BCUT2D eigenvalue weighted by Crippen LogP contribution is -2.57. The minimum atomic E-state index is -4.50. The molecule has 2 aromatic heterocycles. The molecule has 0 aliphatic carbocycles. The van der Waals surface area contributed by atoms with Gasteiger partial charge in [0.2, 0.25) is 17.6 Å². The van der Waals surface area contributed by atoms with E-state index >= 15 is 0 Å². The maximum Gasteiger partial charge on any atom is 0.416 e. The third-order valence-corrected chi connectivity index (χ3v) is 6.29. The van der Waals surface area contributed by atoms with Crippen LogP contribution in [0, 0.1) is 5.41 Å². The van der Waals surface area contributed by atoms with Crippen LogP contribution in [-0.2, 0) is 22.2 Å². The number of halogens is 3. The molecule has 1 aromatic carbocycles. The fourth-order valence-electron chi connectivity index (χ4n) is 4.18. The summed E-state index contributed by atoms with van der Waals surface area (Å²) in [4.78, 5) is 39.7. The number of aromatic amines is 1. The molecule has 11 nitrogen and oxygen atoms in total. The molecule has 0 spiro atoms. The van der Waals surface area contributed by atoms with Gasteiger partial charge < -0.3 is 14.8 Å². The maximum atomic E-state index is 13.3. The van der Waals surface area contributed by atoms with Crippen LogP contribution in [0.15, 0.2) is 40.9 Å². The molecule has 1 unspecified atom stereocenters. The van der Waals surface area contributed by atoms with E-state index in [4.69, 9.17) is 4.42 Å². The molecule has 2 atom stereocenters. The molecule has 2 heterocycles. The smallest absolute Gasteiger partial charge is 0.416 e. The quantitative estimate of drug-likeness (QED) is 0.269. The van der Waals surface area contributed by atoms with E-state index in [2.05, 4.69) is 25.7 Å². The Balaban J connectivity index is 1.91. The number of nitrogens with zero attached hydrogens (tertiary/aromatic N) is 4. The van der Waals surface area contributed by atoms with Crippen LogP contribution < -0.4 is 5.32 Å². The number of carbonyl (C=O) groups is 3. The molecular weight excluding hydrogens is 533 g/mol. The summed E-state index contributed by atoms with van der Waals surface area (Å²) in [5, 5.41) is 26.8. The van der Waals surface area contributed by atoms with E-state index < -0.39 is 47.0 Å². The molecule has 3 N–H and O–H groups in total. The predicted molar refractivity (Wildman–Crippen MR) is 137 cm³/mol. The Morgan fingerprint density at radius 1 is 1.10 bits per heavy atom. The van der Waals surface area contributed by atoms with Crippen LogP contribution in [0.1, 0.15) is 58.4 Å². The Morgan fingerprint density at radius 3 is 2.30 bits per heavy atom. The number of aromatic nitrogens is 4. The first-order chi connectivity index (χ1) is 18.7. The van der Waals surface area contributed by atoms with Crippen LogP contribution in [0.4, 0.5) is 23.8 Å². The molecule has 14 heteroatoms. The Kier molecular flexibility index (Phi) is 9.32. The second kappa shape index (κ2) is 12.3. The number of hydrogen-bond acceptors (Lipinski definition) is 7. The molecule has 0 saturated heterocycles. The third-order valence-electron chi connectivity index (χ3n) is 6.29. The number of hydrogen-bond donors (Lipinski definition) is 3. The van der Waals surface area contributed by atoms with Crippen molar-refractivity contribution < 1.29 is 37.1 Å². The summed E-state index contributed by atoms with van der Waals surface area (Å²) >= 11 is 0. The number of alkyl halides is 3. The first kappa shape index (κ1) is 30.3. The lowest BCUT2D eigenvalue weighted by molar-refractivity contribution is -0.139. The predicted octanol–water partition coefficient (Wildman–Crippen LogP) is 5.18. The standard InChI is InChI=1S/C26H31F3N6O5/c1-5-6-7-17(21(36)22(37)31-19-12-13-30-32-19)35(24(38)39)18(25(2,3)4)14-20-33-34-23(40-20)15-8-10-16(11-9-15)26(27,28)29/h8-13,17-18H,5-7,14H2,1-4H3,(H,38,39)(H2,30,31,32,37)/t17-,18?/m0/s1. The highest BCUT2D eigenvalue weighted by Gasteiger charge is 2.43. The Bertz CT molecular complexity index is 1300. The van der Waals surface area contributed by atoms with Gasteiger partial charge in [0.15, 0.2) is 0 Å². The molecule has 40 heavy (non-hydrogen) atoms. The maximum absolute atomic E-state index is 13.3. The topological polar surface area (TPSA) is 154 Å². The highest BCUT2D eigenvalue weighted by molar-refractivity contribution is 6.42. The van der Waals surface area contributed by atoms with Crippen molar-refractivity contribution in [2.24, 2.45) is 5.41 Å². The molecular formula is C26H31F3N6O5. The summed E-state index contributed by atoms with van der Waals surface area (Å²) in [5.41, 5.74) is -1.34. The summed E-state index contributed by atoms with van der Waals surface area (Å²) < 4.78 is 44.4. The largest absolute Gasteiger partial charge is 0.465 e. The fourth-order valence-corrected chi connectivity index (χ4v) is 4.18. The number of rotatable bonds is 11. The summed E-state index contributed by atoms with van der Waals surface area (Å²) in [6.45, 7) is 7.19. The highest BCUT2D eigenvalue weighted by atomic mass is 19.4. The van der Waals surface area contributed by atoms with Gasteiger partial charge in [-0.25, -0.2) is 4.79 Å². The van der Waals surface area contributed by atoms with Gasteiger partial charge in [-0.3, -0.25) is 19.6 Å². The van der Waals surface area contributed by atoms with E-state index in [1.54, 1.807) is 20.8 Å². The minimum absolute atomic E-state index is 0.0182. The van der Waals surface area contributed by atoms with Crippen molar-refractivity contribution >= 4 is 23.6 Å². The average Bonchev–Trinajstić information content (AvgIpc) is 3.56. The fraction of sp³-hybridized carbons (Fsp3) is 0.462. The van der Waals surface area contributed by atoms with Gasteiger partial charge in [0.25, 0.3) is 5.91 Å². The zero-order valence-electron chi connectivity index (χ0n) is 22.5. The lowest BCUT2D eigenvalue weighted by atomic mass is 9.82. The molecule has 0 saturated carbocycles. The van der Waals surface area contributed by atoms with Crippen molar-refractivity contribution in [3.8, 4) is 11.5 Å². The number of amides is 2. The Labute approximate surface area is 228 Å². The number of benzene rings is 1. The lowest BCUT2D eigenvalue weighted by Gasteiger charge is -2.41. The van der Waals surface area contributed by atoms with E-state index in [0.717, 1.165) is 17.0 Å². The van der Waals surface area contributed by atoms with Crippen LogP contribution in [0.2, 0.25) is 0 Å². The van der Waals surface area contributed by atoms with Crippen molar-refractivity contribution in [3.63, 3.8) is 0 Å². The van der Waals surface area contributed by atoms with Gasteiger partial charge in [0.1, 0.15) is 11.9 Å². The zero-order valence-corrected chi connectivity index (χ0v) is 22.5. The van der Waals surface area contributed by atoms with Crippen LogP contribution >= 0.6 is 0 Å². The molecule has 216 valence electrons. The van der Waals surface area contributed by atoms with Crippen molar-refractivity contribution in [3.05, 3.63) is 48.0 Å². The molecule has 2 amide bonds. The van der Waals surface area contributed by atoms with Crippen molar-refractivity contribution in [2.75, 3.05) is 5.32 Å². The number of nitrogens with one attached hydrogen (secondary N) is 2. The SMILES string of the molecule is CCCC[C@@H](C(=O)C(=O)Nc1ccn[nH]1)N(C(=O)O)C(Cc1nnc(-c2ccc(C(F)(F)F)cc2)o1)C(C)(C)C. The van der Waals surface area contributed by atoms with Gasteiger partial charge in [0, 0.05) is 24.1 Å². The van der Waals surface area contributed by atoms with Gasteiger partial charge in [-0.15, -0.1) is 10.2 Å². The van der Waals surface area contributed by atoms with Gasteiger partial charge in [-0.2, -0.15) is 18.3 Å². The van der Waals surface area contributed by atoms with E-state index in [-0.39, 0.29) is 36.0 Å². The van der Waals surface area contributed by atoms with E-state index in [0.29, 0.717) is 12.8 Å². The number of carbonyl (C=O) groups excluding carboxylic acids is 2. The van der Waals surface area contributed by atoms with Crippen LogP contribution in [0.25, 0.3) is 11.5 Å². The number of carboxylic acid groups (broad SMARTS) is 1. The Morgan fingerprint density at radius 2 is 1.77 bits per heavy atom. The molecule has 0 radical (unpaired) electrons. The zero-order chi connectivity index (χ0) is 29.7. The van der Waals surface area contributed by atoms with Gasteiger partial charge in [0.05, 0.1) is 11.8 Å². The van der Waals surface area contributed by atoms with Crippen LogP contribution in [-0.4, -0.2) is 60.3 Å². The second-order valence-corrected chi connectivity index (χ2v) is 10.3. The minimum Gasteiger partial charge on any atom is -0.465 e. The molecule has 3 aromatic rings. The van der Waals surface area contributed by atoms with Crippen molar-refractivity contribution in [1.29, 1.82) is 0 Å². The number of anilines is 1. The van der Waals surface area contributed by atoms with E-state index in [1.807, 2.05) is 6.92 Å². The molecule has 0 fully saturated rings. The molecule has 0 aliphatic heterocycles. The number of ketones is 1. The molecule has 0 aliphatic rings. The van der Waals surface area contributed by atoms with Gasteiger partial charge in [-0.1, -0.05) is 40.5 Å². The third kappa shape index (κ3) is 7.45. The van der Waals surface area contributed by atoms with E-state index in [9.17, 15) is 32.7 Å². The summed E-state index contributed by atoms with van der Waals surface area (Å²) in [7, 11) is 0. The monoisotopic (exact) mass is 564 g/mol.